The van der Waals surface area contributed by atoms with Crippen LogP contribution in [0.25, 0.3) is 0 Å². The SMILES string of the molecule is COCOC1C[C@]23C(=O)OC(C)(C)O[C@@]2(C)[C@H]2CCCC[C@]123. The molecular weight excluding hydrogens is 284 g/mol. The normalized spacial score (nSPS) is 51.5. The summed E-state index contributed by atoms with van der Waals surface area (Å²) >= 11 is 0. The van der Waals surface area contributed by atoms with E-state index in [1.54, 1.807) is 7.11 Å². The Kier molecular flexibility index (Phi) is 2.88. The maximum atomic E-state index is 12.9. The molecule has 0 aromatic rings. The average Bonchev–Trinajstić information content (AvgIpc) is 2.43. The highest BCUT2D eigenvalue weighted by Gasteiger charge is 2.92. The van der Waals surface area contributed by atoms with E-state index < -0.39 is 16.8 Å². The predicted octanol–water partition coefficient (Wildman–Crippen LogP) is 2.62. The predicted molar refractivity (Wildman–Crippen MR) is 77.9 cm³/mol. The van der Waals surface area contributed by atoms with Crippen molar-refractivity contribution in [2.24, 2.45) is 16.7 Å². The molecule has 1 saturated heterocycles. The second-order valence-corrected chi connectivity index (χ2v) is 8.01. The summed E-state index contributed by atoms with van der Waals surface area (Å²) < 4.78 is 23.0. The standard InChI is InChI=1S/C17H26O5/c1-14(2)21-13(18)17-9-12(20-10-19-4)16(17)8-6-5-7-11(16)15(17,3)22-14/h11-12H,5-10H2,1-4H3/t11-,12?,15+,16-,17+/m1/s1. The molecule has 124 valence electrons. The summed E-state index contributed by atoms with van der Waals surface area (Å²) in [5, 5.41) is 0. The van der Waals surface area contributed by atoms with Crippen molar-refractivity contribution >= 4 is 5.97 Å². The zero-order valence-electron chi connectivity index (χ0n) is 13.9. The average molecular weight is 310 g/mol. The third kappa shape index (κ3) is 1.35. The highest BCUT2D eigenvalue weighted by molar-refractivity contribution is 5.85. The van der Waals surface area contributed by atoms with Crippen LogP contribution in [0.3, 0.4) is 0 Å². The van der Waals surface area contributed by atoms with Crippen molar-refractivity contribution in [3.63, 3.8) is 0 Å². The summed E-state index contributed by atoms with van der Waals surface area (Å²) in [5.41, 5.74) is -1.04. The summed E-state index contributed by atoms with van der Waals surface area (Å²) in [6.07, 6.45) is 5.27. The number of carbonyl (C=O) groups is 1. The minimum Gasteiger partial charge on any atom is -0.433 e. The van der Waals surface area contributed by atoms with E-state index in [-0.39, 0.29) is 24.3 Å². The Bertz CT molecular complexity index is 517. The van der Waals surface area contributed by atoms with Gasteiger partial charge in [-0.05, 0) is 32.1 Å². The molecule has 4 rings (SSSR count). The van der Waals surface area contributed by atoms with Gasteiger partial charge in [-0.15, -0.1) is 0 Å². The lowest BCUT2D eigenvalue weighted by atomic mass is 9.23. The Morgan fingerprint density at radius 3 is 2.77 bits per heavy atom. The smallest absolute Gasteiger partial charge is 0.318 e. The molecule has 4 aliphatic rings. The maximum absolute atomic E-state index is 12.9. The number of fused-ring (bicyclic) bond motifs is 1. The number of ether oxygens (including phenoxy) is 4. The van der Waals surface area contributed by atoms with Crippen molar-refractivity contribution in [1.29, 1.82) is 0 Å². The first-order valence-electron chi connectivity index (χ1n) is 8.38. The molecule has 3 aliphatic carbocycles. The topological polar surface area (TPSA) is 54.0 Å². The summed E-state index contributed by atoms with van der Waals surface area (Å²) in [5.74, 6) is -0.544. The first-order chi connectivity index (χ1) is 10.3. The molecule has 1 unspecified atom stereocenters. The van der Waals surface area contributed by atoms with Gasteiger partial charge in [-0.1, -0.05) is 12.8 Å². The number of esters is 1. The van der Waals surface area contributed by atoms with Crippen LogP contribution in [0.5, 0.6) is 0 Å². The zero-order chi connectivity index (χ0) is 15.8. The molecule has 0 bridgehead atoms. The highest BCUT2D eigenvalue weighted by atomic mass is 16.7. The number of hydrogen-bond donors (Lipinski definition) is 0. The number of methoxy groups -OCH3 is 1. The first-order valence-corrected chi connectivity index (χ1v) is 8.38. The summed E-state index contributed by atoms with van der Waals surface area (Å²) in [6.45, 7) is 6.08. The van der Waals surface area contributed by atoms with Gasteiger partial charge in [0, 0.05) is 26.4 Å². The van der Waals surface area contributed by atoms with Crippen molar-refractivity contribution in [3.8, 4) is 0 Å². The van der Waals surface area contributed by atoms with Crippen molar-refractivity contribution in [3.05, 3.63) is 0 Å². The summed E-state index contributed by atoms with van der Waals surface area (Å²) in [6, 6.07) is 0. The molecule has 5 heteroatoms. The lowest BCUT2D eigenvalue weighted by Gasteiger charge is -2.84. The highest BCUT2D eigenvalue weighted by Crippen LogP contribution is 2.84. The number of hydrogen-bond acceptors (Lipinski definition) is 5. The monoisotopic (exact) mass is 310 g/mol. The van der Waals surface area contributed by atoms with Crippen LogP contribution in [0.15, 0.2) is 0 Å². The first kappa shape index (κ1) is 14.9. The molecule has 0 amide bonds. The molecule has 3 saturated carbocycles. The van der Waals surface area contributed by atoms with E-state index in [0.29, 0.717) is 12.3 Å². The van der Waals surface area contributed by atoms with Gasteiger partial charge in [0.2, 0.25) is 5.79 Å². The molecule has 0 N–H and O–H groups in total. The van der Waals surface area contributed by atoms with Crippen LogP contribution < -0.4 is 0 Å². The van der Waals surface area contributed by atoms with E-state index in [1.165, 1.54) is 6.42 Å². The van der Waals surface area contributed by atoms with E-state index in [0.717, 1.165) is 19.3 Å². The van der Waals surface area contributed by atoms with E-state index in [9.17, 15) is 4.79 Å². The number of carbonyl (C=O) groups excluding carboxylic acids is 1. The van der Waals surface area contributed by atoms with Crippen LogP contribution in [0.2, 0.25) is 0 Å². The van der Waals surface area contributed by atoms with Crippen LogP contribution in [-0.4, -0.2) is 37.4 Å². The number of cyclic esters (lactones) is 1. The van der Waals surface area contributed by atoms with Crippen LogP contribution >= 0.6 is 0 Å². The third-order valence-electron chi connectivity index (χ3n) is 6.86. The second kappa shape index (κ2) is 4.25. The van der Waals surface area contributed by atoms with Gasteiger partial charge in [-0.3, -0.25) is 4.79 Å². The molecule has 1 heterocycles. The summed E-state index contributed by atoms with van der Waals surface area (Å²) in [4.78, 5) is 12.9. The minimum absolute atomic E-state index is 0.0818. The minimum atomic E-state index is -0.834. The molecule has 2 spiro atoms. The van der Waals surface area contributed by atoms with E-state index >= 15 is 0 Å². The van der Waals surface area contributed by atoms with Crippen molar-refractivity contribution in [2.75, 3.05) is 13.9 Å². The Labute approximate surface area is 131 Å². The van der Waals surface area contributed by atoms with Crippen molar-refractivity contribution in [1.82, 2.24) is 0 Å². The Morgan fingerprint density at radius 2 is 2.05 bits per heavy atom. The largest absolute Gasteiger partial charge is 0.433 e. The van der Waals surface area contributed by atoms with Gasteiger partial charge in [-0.2, -0.15) is 0 Å². The fourth-order valence-electron chi connectivity index (χ4n) is 6.37. The molecule has 4 fully saturated rings. The quantitative estimate of drug-likeness (QED) is 0.592. The van der Waals surface area contributed by atoms with Crippen LogP contribution in [0, 0.1) is 16.7 Å². The lowest BCUT2D eigenvalue weighted by Crippen LogP contribution is -2.92. The van der Waals surface area contributed by atoms with Gasteiger partial charge in [0.1, 0.15) is 12.2 Å². The van der Waals surface area contributed by atoms with E-state index in [4.69, 9.17) is 18.9 Å². The zero-order valence-corrected chi connectivity index (χ0v) is 13.9. The molecule has 22 heavy (non-hydrogen) atoms. The Balaban J connectivity index is 1.73. The van der Waals surface area contributed by atoms with Crippen molar-refractivity contribution in [2.45, 2.75) is 70.4 Å². The second-order valence-electron chi connectivity index (χ2n) is 8.01. The fourth-order valence-corrected chi connectivity index (χ4v) is 6.37. The van der Waals surface area contributed by atoms with Gasteiger partial charge in [0.25, 0.3) is 0 Å². The van der Waals surface area contributed by atoms with Gasteiger partial charge in [0.15, 0.2) is 0 Å². The number of rotatable bonds is 3. The van der Waals surface area contributed by atoms with Gasteiger partial charge in [0.05, 0.1) is 11.7 Å². The molecular formula is C17H26O5. The van der Waals surface area contributed by atoms with Crippen LogP contribution in [0.4, 0.5) is 0 Å². The third-order valence-corrected chi connectivity index (χ3v) is 6.86. The Morgan fingerprint density at radius 1 is 1.27 bits per heavy atom. The molecule has 0 aromatic heterocycles. The molecule has 1 aliphatic heterocycles. The molecule has 0 aromatic carbocycles. The van der Waals surface area contributed by atoms with Gasteiger partial charge in [-0.25, -0.2) is 0 Å². The Hall–Kier alpha value is -0.650. The van der Waals surface area contributed by atoms with Crippen LogP contribution in [-0.2, 0) is 23.7 Å². The van der Waals surface area contributed by atoms with E-state index in [1.807, 2.05) is 13.8 Å². The fraction of sp³-hybridized carbons (Fsp3) is 0.941. The molecule has 5 atom stereocenters. The maximum Gasteiger partial charge on any atom is 0.318 e. The lowest BCUT2D eigenvalue weighted by molar-refractivity contribution is -0.476. The van der Waals surface area contributed by atoms with Gasteiger partial charge < -0.3 is 18.9 Å². The van der Waals surface area contributed by atoms with Crippen molar-refractivity contribution < 1.29 is 23.7 Å². The van der Waals surface area contributed by atoms with Gasteiger partial charge >= 0.3 is 5.97 Å². The molecule has 0 radical (unpaired) electrons. The molecule has 5 nitrogen and oxygen atoms in total. The summed E-state index contributed by atoms with van der Waals surface area (Å²) in [7, 11) is 1.63. The van der Waals surface area contributed by atoms with E-state index in [2.05, 4.69) is 6.92 Å². The van der Waals surface area contributed by atoms with Crippen LogP contribution in [0.1, 0.15) is 52.9 Å².